The van der Waals surface area contributed by atoms with Crippen LogP contribution in [0.3, 0.4) is 0 Å². The number of aryl methyl sites for hydroxylation is 1. The Labute approximate surface area is 198 Å². The number of carbonyl (C=O) groups is 2. The van der Waals surface area contributed by atoms with Crippen LogP contribution in [0.2, 0.25) is 0 Å². The van der Waals surface area contributed by atoms with Crippen LogP contribution < -0.4 is 10.1 Å². The van der Waals surface area contributed by atoms with Crippen LogP contribution in [0.25, 0.3) is 0 Å². The van der Waals surface area contributed by atoms with Crippen molar-refractivity contribution in [2.24, 2.45) is 0 Å². The van der Waals surface area contributed by atoms with Crippen molar-refractivity contribution in [3.8, 4) is 17.2 Å². The number of aromatic hydroxyl groups is 1. The standard InChI is InChI=1S/C21H24NO5.Pr/c1-11(2)16-9-15(6-7-18(16)23)27-20-12(3)8-17(13(4)14(20)5)21(26)22-10-19(24)25;/h6-9,11,23H,4,10H2,1-3,5H3,(H,22,26)(H,24,25);/q-1;. The summed E-state index contributed by atoms with van der Waals surface area (Å²) in [5.74, 6) is -0.101. The normalized spacial score (nSPS) is 10.3. The molecule has 2 aromatic rings. The van der Waals surface area contributed by atoms with E-state index in [1.165, 1.54) is 0 Å². The molecule has 7 heteroatoms. The second-order valence-electron chi connectivity index (χ2n) is 6.73. The molecule has 0 aliphatic heterocycles. The fraction of sp³-hybridized carbons (Fsp3) is 0.286. The molecule has 0 fully saturated rings. The first-order valence-corrected chi connectivity index (χ1v) is 8.58. The smallest absolute Gasteiger partial charge is 0.322 e. The predicted octanol–water partition coefficient (Wildman–Crippen LogP) is 3.92. The van der Waals surface area contributed by atoms with Crippen LogP contribution in [0.4, 0.5) is 0 Å². The van der Waals surface area contributed by atoms with Crippen LogP contribution in [0.1, 0.15) is 52.4 Å². The summed E-state index contributed by atoms with van der Waals surface area (Å²) in [5.41, 5.74) is 2.98. The summed E-state index contributed by atoms with van der Waals surface area (Å²) in [6.07, 6.45) is 0. The molecular weight excluding hydrogens is 487 g/mol. The summed E-state index contributed by atoms with van der Waals surface area (Å²) in [6.45, 7) is 11.0. The van der Waals surface area contributed by atoms with Gasteiger partial charge in [-0.1, -0.05) is 32.4 Å². The molecule has 0 spiro atoms. The molecule has 0 heterocycles. The Morgan fingerprint density at radius 1 is 1.21 bits per heavy atom. The average molecular weight is 511 g/mol. The van der Waals surface area contributed by atoms with E-state index in [1.807, 2.05) is 13.8 Å². The maximum absolute atomic E-state index is 12.2. The number of carboxylic acid groups (broad SMARTS) is 1. The van der Waals surface area contributed by atoms with Crippen molar-refractivity contribution >= 4 is 11.9 Å². The largest absolute Gasteiger partial charge is 0.508 e. The van der Waals surface area contributed by atoms with E-state index < -0.39 is 18.4 Å². The SMILES string of the molecule is [CH2-]c1c(C(=O)NCC(=O)O)cc(C)c(Oc2ccc(O)c(C(C)C)c2)c1C.[Pr]. The predicted molar refractivity (Wildman–Crippen MR) is 103 cm³/mol. The van der Waals surface area contributed by atoms with E-state index in [-0.39, 0.29) is 53.0 Å². The van der Waals surface area contributed by atoms with E-state index in [1.54, 1.807) is 38.1 Å². The van der Waals surface area contributed by atoms with Gasteiger partial charge in [-0.25, -0.2) is 0 Å². The molecule has 0 aliphatic rings. The van der Waals surface area contributed by atoms with E-state index >= 15 is 0 Å². The molecule has 0 atom stereocenters. The molecule has 0 aliphatic carbocycles. The van der Waals surface area contributed by atoms with Crippen LogP contribution in [-0.2, 0) is 4.79 Å². The number of nitrogens with one attached hydrogen (secondary N) is 1. The maximum Gasteiger partial charge on any atom is 0.322 e. The molecule has 2 rings (SSSR count). The van der Waals surface area contributed by atoms with Gasteiger partial charge in [0.05, 0.1) is 5.75 Å². The van der Waals surface area contributed by atoms with E-state index in [9.17, 15) is 14.7 Å². The van der Waals surface area contributed by atoms with Crippen molar-refractivity contribution in [3.63, 3.8) is 0 Å². The second-order valence-corrected chi connectivity index (χ2v) is 6.73. The van der Waals surface area contributed by atoms with Gasteiger partial charge in [-0.2, -0.15) is 12.5 Å². The molecular formula is C21H24NO5Pr-. The topological polar surface area (TPSA) is 95.9 Å². The second kappa shape index (κ2) is 10.1. The number of rotatable bonds is 6. The molecule has 147 valence electrons. The van der Waals surface area contributed by atoms with E-state index in [4.69, 9.17) is 9.84 Å². The zero-order valence-electron chi connectivity index (χ0n) is 16.5. The molecule has 1 radical (unpaired) electrons. The van der Waals surface area contributed by atoms with Gasteiger partial charge in [0.15, 0.2) is 5.91 Å². The van der Waals surface area contributed by atoms with Gasteiger partial charge in [-0.3, -0.25) is 9.59 Å². The third-order valence-electron chi connectivity index (χ3n) is 4.32. The number of hydrogen-bond acceptors (Lipinski definition) is 4. The first-order chi connectivity index (χ1) is 12.6. The Morgan fingerprint density at radius 2 is 1.86 bits per heavy atom. The number of ether oxygens (including phenoxy) is 1. The summed E-state index contributed by atoms with van der Waals surface area (Å²) >= 11 is 0. The number of carboxylic acids is 1. The molecule has 0 saturated carbocycles. The Morgan fingerprint density at radius 3 is 2.43 bits per heavy atom. The first-order valence-electron chi connectivity index (χ1n) is 8.58. The van der Waals surface area contributed by atoms with Gasteiger partial charge in [0, 0.05) is 46.9 Å². The fourth-order valence-electron chi connectivity index (χ4n) is 2.79. The van der Waals surface area contributed by atoms with Crippen molar-refractivity contribution in [2.45, 2.75) is 33.6 Å². The third-order valence-corrected chi connectivity index (χ3v) is 4.32. The van der Waals surface area contributed by atoms with E-state index in [0.29, 0.717) is 28.2 Å². The maximum atomic E-state index is 12.2. The summed E-state index contributed by atoms with van der Waals surface area (Å²) in [7, 11) is 0. The summed E-state index contributed by atoms with van der Waals surface area (Å²) in [4.78, 5) is 22.9. The Kier molecular flexibility index (Phi) is 8.77. The monoisotopic (exact) mass is 511 g/mol. The molecule has 0 aromatic heterocycles. The number of phenols is 1. The number of hydrogen-bond donors (Lipinski definition) is 3. The van der Waals surface area contributed by atoms with Crippen molar-refractivity contribution < 1.29 is 65.8 Å². The molecule has 2 aromatic carbocycles. The van der Waals surface area contributed by atoms with Crippen molar-refractivity contribution in [1.29, 1.82) is 0 Å². The summed E-state index contributed by atoms with van der Waals surface area (Å²) < 4.78 is 6.02. The Balaban J connectivity index is 0.00000392. The zero-order valence-corrected chi connectivity index (χ0v) is 20.2. The minimum absolute atomic E-state index is 0. The molecule has 0 bridgehead atoms. The third kappa shape index (κ3) is 5.61. The van der Waals surface area contributed by atoms with Gasteiger partial charge in [0.2, 0.25) is 0 Å². The van der Waals surface area contributed by atoms with Gasteiger partial charge in [0.25, 0.3) is 0 Å². The number of benzene rings is 2. The van der Waals surface area contributed by atoms with Gasteiger partial charge < -0.3 is 20.3 Å². The molecule has 1 amide bonds. The van der Waals surface area contributed by atoms with Crippen LogP contribution in [0.5, 0.6) is 17.2 Å². The van der Waals surface area contributed by atoms with Crippen LogP contribution >= 0.6 is 0 Å². The van der Waals surface area contributed by atoms with Gasteiger partial charge in [-0.15, -0.1) is 5.56 Å². The van der Waals surface area contributed by atoms with Crippen LogP contribution in [-0.4, -0.2) is 28.6 Å². The molecule has 28 heavy (non-hydrogen) atoms. The minimum Gasteiger partial charge on any atom is -0.508 e. The number of carbonyl (C=O) groups excluding carboxylic acids is 1. The van der Waals surface area contributed by atoms with Gasteiger partial charge >= 0.3 is 5.97 Å². The first kappa shape index (κ1) is 24.3. The summed E-state index contributed by atoms with van der Waals surface area (Å²) in [6, 6.07) is 6.69. The van der Waals surface area contributed by atoms with E-state index in [2.05, 4.69) is 12.2 Å². The number of aliphatic carboxylic acids is 1. The average Bonchev–Trinajstić information content (AvgIpc) is 2.60. The van der Waals surface area contributed by atoms with Gasteiger partial charge in [0.1, 0.15) is 18.0 Å². The number of phenolic OH excluding ortho intramolecular Hbond substituents is 1. The minimum atomic E-state index is -1.12. The Bertz CT molecular complexity index is 893. The quantitative estimate of drug-likeness (QED) is 0.512. The van der Waals surface area contributed by atoms with E-state index in [0.717, 1.165) is 11.1 Å². The van der Waals surface area contributed by atoms with Crippen molar-refractivity contribution in [3.05, 3.63) is 59.0 Å². The molecule has 3 N–H and O–H groups in total. The Hall–Kier alpha value is -1.79. The zero-order chi connectivity index (χ0) is 20.3. The fourth-order valence-corrected chi connectivity index (χ4v) is 2.79. The van der Waals surface area contributed by atoms with Crippen LogP contribution in [0, 0.1) is 62.1 Å². The van der Waals surface area contributed by atoms with Crippen molar-refractivity contribution in [2.75, 3.05) is 6.54 Å². The summed E-state index contributed by atoms with van der Waals surface area (Å²) in [5, 5.41) is 21.0. The molecule has 0 unspecified atom stereocenters. The molecule has 6 nitrogen and oxygen atoms in total. The molecule has 0 saturated heterocycles. The number of amides is 1. The van der Waals surface area contributed by atoms with Crippen LogP contribution in [0.15, 0.2) is 24.3 Å². The van der Waals surface area contributed by atoms with Crippen molar-refractivity contribution in [1.82, 2.24) is 5.32 Å². The van der Waals surface area contributed by atoms with Gasteiger partial charge in [-0.05, 0) is 36.6 Å².